The van der Waals surface area contributed by atoms with Gasteiger partial charge in [0.05, 0.1) is 0 Å². The molecule has 0 aromatic carbocycles. The number of hydrogen-bond acceptors (Lipinski definition) is 7. The molecule has 1 aliphatic rings. The fourth-order valence-corrected chi connectivity index (χ4v) is 3.04. The Kier molecular flexibility index (Phi) is 4.59. The van der Waals surface area contributed by atoms with Gasteiger partial charge in [-0.3, -0.25) is 9.78 Å². The van der Waals surface area contributed by atoms with E-state index in [1.807, 2.05) is 11.0 Å². The number of aromatic nitrogens is 3. The third-order valence-electron chi connectivity index (χ3n) is 3.43. The van der Waals surface area contributed by atoms with Crippen molar-refractivity contribution in [3.05, 3.63) is 35.9 Å². The fraction of sp³-hybridized carbons (Fsp3) is 0.429. The van der Waals surface area contributed by atoms with Crippen molar-refractivity contribution in [2.45, 2.75) is 19.1 Å². The summed E-state index contributed by atoms with van der Waals surface area (Å²) in [6.45, 7) is 1.78. The number of carbonyl (C=O) groups is 1. The third kappa shape index (κ3) is 3.40. The highest BCUT2D eigenvalue weighted by Gasteiger charge is 2.28. The first-order chi connectivity index (χ1) is 10.8. The van der Waals surface area contributed by atoms with Gasteiger partial charge in [0.15, 0.2) is 5.82 Å². The molecule has 0 bridgehead atoms. The highest BCUT2D eigenvalue weighted by atomic mass is 32.1. The number of hydrogen-bond donors (Lipinski definition) is 1. The summed E-state index contributed by atoms with van der Waals surface area (Å²) in [6.07, 6.45) is 2.52. The summed E-state index contributed by atoms with van der Waals surface area (Å²) in [5.74, 6) is 0.650. The van der Waals surface area contributed by atoms with E-state index in [0.29, 0.717) is 24.7 Å². The molecule has 1 aliphatic heterocycles. The van der Waals surface area contributed by atoms with Crippen LogP contribution < -0.4 is 5.32 Å². The zero-order valence-electron chi connectivity index (χ0n) is 12.2. The van der Waals surface area contributed by atoms with Gasteiger partial charge >= 0.3 is 0 Å². The van der Waals surface area contributed by atoms with Crippen LogP contribution in [0.15, 0.2) is 24.4 Å². The number of nitrogens with zero attached hydrogens (tertiary/aromatic N) is 4. The lowest BCUT2D eigenvalue weighted by atomic mass is 10.3. The standard InChI is InChI=1S/C14H17N5O2S/c1-21-9-12-17-14(22-18-12)16-10-5-7-19(8-10)13(20)11-4-2-3-6-15-11/h2-4,6,10H,5,7-9H2,1H3,(H,16,17,18). The first-order valence-corrected chi connectivity index (χ1v) is 7.82. The van der Waals surface area contributed by atoms with Crippen molar-refractivity contribution < 1.29 is 9.53 Å². The second-order valence-corrected chi connectivity index (χ2v) is 5.80. The van der Waals surface area contributed by atoms with E-state index in [1.54, 1.807) is 25.4 Å². The molecule has 1 unspecified atom stereocenters. The van der Waals surface area contributed by atoms with E-state index in [-0.39, 0.29) is 11.9 Å². The average molecular weight is 319 g/mol. The number of carbonyl (C=O) groups excluding carboxylic acids is 1. The van der Waals surface area contributed by atoms with E-state index in [1.165, 1.54) is 11.5 Å². The molecule has 3 heterocycles. The van der Waals surface area contributed by atoms with Crippen molar-refractivity contribution in [3.8, 4) is 0 Å². The molecule has 2 aromatic rings. The summed E-state index contributed by atoms with van der Waals surface area (Å²) in [5.41, 5.74) is 0.487. The molecule has 8 heteroatoms. The Morgan fingerprint density at radius 1 is 1.55 bits per heavy atom. The lowest BCUT2D eigenvalue weighted by molar-refractivity contribution is 0.0786. The Balaban J connectivity index is 1.56. The van der Waals surface area contributed by atoms with Crippen LogP contribution >= 0.6 is 11.5 Å². The second-order valence-electron chi connectivity index (χ2n) is 5.04. The van der Waals surface area contributed by atoms with Gasteiger partial charge in [-0.05, 0) is 18.6 Å². The molecular weight excluding hydrogens is 302 g/mol. The lowest BCUT2D eigenvalue weighted by Crippen LogP contribution is -2.32. The first-order valence-electron chi connectivity index (χ1n) is 7.04. The molecule has 1 saturated heterocycles. The molecule has 1 atom stereocenters. The number of anilines is 1. The molecule has 22 heavy (non-hydrogen) atoms. The number of rotatable bonds is 5. The Morgan fingerprint density at radius 3 is 3.23 bits per heavy atom. The minimum atomic E-state index is -0.0257. The van der Waals surface area contributed by atoms with E-state index in [9.17, 15) is 4.79 Å². The molecule has 1 fully saturated rings. The van der Waals surface area contributed by atoms with Crippen LogP contribution in [0, 0.1) is 0 Å². The molecule has 3 rings (SSSR count). The molecule has 0 spiro atoms. The molecule has 0 radical (unpaired) electrons. The SMILES string of the molecule is COCc1nsc(NC2CCN(C(=O)c3ccccn3)C2)n1. The smallest absolute Gasteiger partial charge is 0.272 e. The maximum Gasteiger partial charge on any atom is 0.272 e. The zero-order chi connectivity index (χ0) is 15.4. The normalized spacial score (nSPS) is 17.7. The number of pyridine rings is 1. The molecule has 0 aliphatic carbocycles. The highest BCUT2D eigenvalue weighted by molar-refractivity contribution is 7.09. The predicted molar refractivity (Wildman–Crippen MR) is 82.8 cm³/mol. The van der Waals surface area contributed by atoms with Crippen molar-refractivity contribution in [1.82, 2.24) is 19.2 Å². The van der Waals surface area contributed by atoms with Gasteiger partial charge in [-0.2, -0.15) is 4.37 Å². The number of nitrogens with one attached hydrogen (secondary N) is 1. The van der Waals surface area contributed by atoms with Crippen molar-refractivity contribution in [3.63, 3.8) is 0 Å². The zero-order valence-corrected chi connectivity index (χ0v) is 13.0. The number of likely N-dealkylation sites (tertiary alicyclic amines) is 1. The van der Waals surface area contributed by atoms with Gasteiger partial charge < -0.3 is 15.0 Å². The fourth-order valence-electron chi connectivity index (χ4n) is 2.39. The van der Waals surface area contributed by atoms with E-state index in [0.717, 1.165) is 18.1 Å². The van der Waals surface area contributed by atoms with Gasteiger partial charge in [-0.15, -0.1) is 0 Å². The third-order valence-corrected chi connectivity index (χ3v) is 4.11. The average Bonchev–Trinajstić information content (AvgIpc) is 3.18. The summed E-state index contributed by atoms with van der Waals surface area (Å²) in [6, 6.07) is 5.56. The van der Waals surface area contributed by atoms with Crippen molar-refractivity contribution in [2.75, 3.05) is 25.5 Å². The molecule has 7 nitrogen and oxygen atoms in total. The van der Waals surface area contributed by atoms with Crippen LogP contribution in [-0.2, 0) is 11.3 Å². The van der Waals surface area contributed by atoms with Crippen LogP contribution in [0.25, 0.3) is 0 Å². The van der Waals surface area contributed by atoms with Gasteiger partial charge in [0, 0.05) is 44.0 Å². The molecular formula is C14H17N5O2S. The molecule has 2 aromatic heterocycles. The van der Waals surface area contributed by atoms with Gasteiger partial charge in [0.25, 0.3) is 5.91 Å². The van der Waals surface area contributed by atoms with Crippen molar-refractivity contribution in [2.24, 2.45) is 0 Å². The summed E-state index contributed by atoms with van der Waals surface area (Å²) < 4.78 is 9.20. The summed E-state index contributed by atoms with van der Waals surface area (Å²) in [4.78, 5) is 22.6. The number of amides is 1. The number of methoxy groups -OCH3 is 1. The monoisotopic (exact) mass is 319 g/mol. The molecule has 0 saturated carbocycles. The van der Waals surface area contributed by atoms with Gasteiger partial charge in [0.1, 0.15) is 12.3 Å². The largest absolute Gasteiger partial charge is 0.377 e. The second kappa shape index (κ2) is 6.80. The summed E-state index contributed by atoms with van der Waals surface area (Å²) >= 11 is 1.31. The van der Waals surface area contributed by atoms with E-state index < -0.39 is 0 Å². The van der Waals surface area contributed by atoms with Crippen LogP contribution in [0.5, 0.6) is 0 Å². The maximum absolute atomic E-state index is 12.3. The predicted octanol–water partition coefficient (Wildman–Crippen LogP) is 1.41. The first kappa shape index (κ1) is 14.9. The minimum absolute atomic E-state index is 0.0257. The summed E-state index contributed by atoms with van der Waals surface area (Å²) in [5, 5.41) is 4.10. The highest BCUT2D eigenvalue weighted by Crippen LogP contribution is 2.19. The van der Waals surface area contributed by atoms with Crippen LogP contribution in [-0.4, -0.2) is 51.4 Å². The Labute approximate surface area is 132 Å². The van der Waals surface area contributed by atoms with E-state index in [4.69, 9.17) is 4.74 Å². The topological polar surface area (TPSA) is 80.2 Å². The van der Waals surface area contributed by atoms with E-state index in [2.05, 4.69) is 19.7 Å². The van der Waals surface area contributed by atoms with Crippen molar-refractivity contribution in [1.29, 1.82) is 0 Å². The lowest BCUT2D eigenvalue weighted by Gasteiger charge is -2.16. The van der Waals surface area contributed by atoms with E-state index >= 15 is 0 Å². The van der Waals surface area contributed by atoms with Crippen LogP contribution in [0.4, 0.5) is 5.13 Å². The molecule has 1 N–H and O–H groups in total. The van der Waals surface area contributed by atoms with Gasteiger partial charge in [-0.25, -0.2) is 4.98 Å². The summed E-state index contributed by atoms with van der Waals surface area (Å²) in [7, 11) is 1.62. The maximum atomic E-state index is 12.3. The Bertz CT molecular complexity index is 633. The van der Waals surface area contributed by atoms with Crippen LogP contribution in [0.3, 0.4) is 0 Å². The van der Waals surface area contributed by atoms with Crippen LogP contribution in [0.2, 0.25) is 0 Å². The van der Waals surface area contributed by atoms with Crippen molar-refractivity contribution >= 4 is 22.6 Å². The van der Waals surface area contributed by atoms with Gasteiger partial charge in [0.2, 0.25) is 5.13 Å². The molecule has 1 amide bonds. The Morgan fingerprint density at radius 2 is 2.45 bits per heavy atom. The quantitative estimate of drug-likeness (QED) is 0.897. The number of ether oxygens (including phenoxy) is 1. The van der Waals surface area contributed by atoms with Crippen LogP contribution in [0.1, 0.15) is 22.7 Å². The Hall–Kier alpha value is -2.06. The van der Waals surface area contributed by atoms with Gasteiger partial charge in [-0.1, -0.05) is 6.07 Å². The minimum Gasteiger partial charge on any atom is -0.377 e. The molecule has 116 valence electrons.